The minimum absolute atomic E-state index is 0.00654. The molecule has 0 bridgehead atoms. The highest BCUT2D eigenvalue weighted by molar-refractivity contribution is 7.16. The maximum Gasteiger partial charge on any atom is 0.321 e. The molecule has 0 saturated carbocycles. The Bertz CT molecular complexity index is 436. The standard InChI is InChI=1S/C11H16ClN3O2S/c1-6(8-4-5-9(12)18-8)14-7(2)10(16)15-11(17)13-3/h4-7,14H,1-3H3,(H2,13,15,16,17). The fourth-order valence-electron chi connectivity index (χ4n) is 1.38. The molecule has 18 heavy (non-hydrogen) atoms. The van der Waals surface area contributed by atoms with Crippen molar-refractivity contribution in [2.24, 2.45) is 0 Å². The smallest absolute Gasteiger partial charge is 0.321 e. The number of nitrogens with one attached hydrogen (secondary N) is 3. The van der Waals surface area contributed by atoms with E-state index in [1.807, 2.05) is 19.1 Å². The fourth-order valence-corrected chi connectivity index (χ4v) is 2.45. The van der Waals surface area contributed by atoms with Gasteiger partial charge in [0.2, 0.25) is 5.91 Å². The highest BCUT2D eigenvalue weighted by Gasteiger charge is 2.18. The van der Waals surface area contributed by atoms with Gasteiger partial charge >= 0.3 is 6.03 Å². The molecule has 0 fully saturated rings. The summed E-state index contributed by atoms with van der Waals surface area (Å²) in [6.45, 7) is 3.63. The molecule has 1 rings (SSSR count). The summed E-state index contributed by atoms with van der Waals surface area (Å²) in [5, 5.41) is 7.64. The lowest BCUT2D eigenvalue weighted by molar-refractivity contribution is -0.121. The quantitative estimate of drug-likeness (QED) is 0.793. The molecule has 1 aromatic heterocycles. The van der Waals surface area contributed by atoms with E-state index >= 15 is 0 Å². The first-order valence-corrected chi connectivity index (χ1v) is 6.67. The molecule has 2 unspecified atom stereocenters. The van der Waals surface area contributed by atoms with E-state index in [0.717, 1.165) is 4.88 Å². The molecular weight excluding hydrogens is 274 g/mol. The maximum atomic E-state index is 11.6. The summed E-state index contributed by atoms with van der Waals surface area (Å²) < 4.78 is 0.709. The van der Waals surface area contributed by atoms with E-state index in [-0.39, 0.29) is 11.9 Å². The van der Waals surface area contributed by atoms with Crippen molar-refractivity contribution in [1.29, 1.82) is 0 Å². The number of amides is 3. The second-order valence-electron chi connectivity index (χ2n) is 3.82. The molecule has 7 heteroatoms. The zero-order valence-corrected chi connectivity index (χ0v) is 12.0. The van der Waals surface area contributed by atoms with Crippen molar-refractivity contribution < 1.29 is 9.59 Å². The first-order valence-electron chi connectivity index (χ1n) is 5.48. The third kappa shape index (κ3) is 4.29. The van der Waals surface area contributed by atoms with Crippen LogP contribution in [0.1, 0.15) is 24.8 Å². The molecule has 0 radical (unpaired) electrons. The SMILES string of the molecule is CNC(=O)NC(=O)C(C)NC(C)c1ccc(Cl)s1. The summed E-state index contributed by atoms with van der Waals surface area (Å²) in [5.74, 6) is -0.371. The lowest BCUT2D eigenvalue weighted by atomic mass is 10.2. The van der Waals surface area contributed by atoms with Gasteiger partial charge in [0.1, 0.15) is 0 Å². The summed E-state index contributed by atoms with van der Waals surface area (Å²) >= 11 is 7.31. The third-order valence-corrected chi connectivity index (χ3v) is 3.79. The van der Waals surface area contributed by atoms with Crippen LogP contribution in [0.3, 0.4) is 0 Å². The minimum atomic E-state index is -0.513. The van der Waals surface area contributed by atoms with Crippen LogP contribution >= 0.6 is 22.9 Å². The predicted octanol–water partition coefficient (Wildman–Crippen LogP) is 1.90. The van der Waals surface area contributed by atoms with E-state index in [9.17, 15) is 9.59 Å². The van der Waals surface area contributed by atoms with Crippen LogP contribution in [-0.4, -0.2) is 25.0 Å². The van der Waals surface area contributed by atoms with E-state index in [1.165, 1.54) is 18.4 Å². The van der Waals surface area contributed by atoms with Crippen LogP contribution in [0.4, 0.5) is 4.79 Å². The number of halogens is 1. The van der Waals surface area contributed by atoms with Crippen molar-refractivity contribution in [2.45, 2.75) is 25.9 Å². The summed E-state index contributed by atoms with van der Waals surface area (Å²) in [7, 11) is 1.46. The molecule has 1 aromatic rings. The van der Waals surface area contributed by atoms with Crippen molar-refractivity contribution >= 4 is 34.9 Å². The van der Waals surface area contributed by atoms with Crippen LogP contribution in [0.25, 0.3) is 0 Å². The average Bonchev–Trinajstić information content (AvgIpc) is 2.75. The topological polar surface area (TPSA) is 70.2 Å². The van der Waals surface area contributed by atoms with Crippen LogP contribution in [0.5, 0.6) is 0 Å². The van der Waals surface area contributed by atoms with Crippen molar-refractivity contribution in [3.05, 3.63) is 21.3 Å². The van der Waals surface area contributed by atoms with Crippen LogP contribution in [0.2, 0.25) is 4.34 Å². The van der Waals surface area contributed by atoms with E-state index in [4.69, 9.17) is 11.6 Å². The minimum Gasteiger partial charge on any atom is -0.341 e. The second kappa shape index (κ2) is 6.72. The Kier molecular flexibility index (Phi) is 5.58. The van der Waals surface area contributed by atoms with Gasteiger partial charge in [-0.15, -0.1) is 11.3 Å². The van der Waals surface area contributed by atoms with Gasteiger partial charge < -0.3 is 5.32 Å². The number of rotatable bonds is 4. The van der Waals surface area contributed by atoms with Gasteiger partial charge in [0.25, 0.3) is 0 Å². The molecule has 0 saturated heterocycles. The molecule has 3 N–H and O–H groups in total. The molecule has 0 spiro atoms. The van der Waals surface area contributed by atoms with Crippen LogP contribution < -0.4 is 16.0 Å². The molecule has 100 valence electrons. The molecule has 0 aliphatic carbocycles. The molecule has 0 aliphatic rings. The molecule has 0 aromatic carbocycles. The average molecular weight is 290 g/mol. The van der Waals surface area contributed by atoms with Crippen molar-refractivity contribution in [3.8, 4) is 0 Å². The summed E-state index contributed by atoms with van der Waals surface area (Å²) in [5.41, 5.74) is 0. The zero-order valence-electron chi connectivity index (χ0n) is 10.4. The van der Waals surface area contributed by atoms with Gasteiger partial charge in [0.05, 0.1) is 10.4 Å². The molecule has 5 nitrogen and oxygen atoms in total. The van der Waals surface area contributed by atoms with Crippen molar-refractivity contribution in [1.82, 2.24) is 16.0 Å². The predicted molar refractivity (Wildman–Crippen MR) is 72.9 cm³/mol. The maximum absolute atomic E-state index is 11.6. The van der Waals surface area contributed by atoms with E-state index in [0.29, 0.717) is 4.34 Å². The third-order valence-electron chi connectivity index (χ3n) is 2.38. The van der Waals surface area contributed by atoms with Gasteiger partial charge in [-0.3, -0.25) is 15.4 Å². The highest BCUT2D eigenvalue weighted by atomic mass is 35.5. The Labute approximate surface area is 115 Å². The first-order chi connectivity index (χ1) is 8.43. The van der Waals surface area contributed by atoms with Crippen molar-refractivity contribution in [3.63, 3.8) is 0 Å². The van der Waals surface area contributed by atoms with Gasteiger partial charge in [-0.1, -0.05) is 11.6 Å². The lowest BCUT2D eigenvalue weighted by Crippen LogP contribution is -2.47. The number of hydrogen-bond acceptors (Lipinski definition) is 4. The largest absolute Gasteiger partial charge is 0.341 e. The molecule has 0 aliphatic heterocycles. The van der Waals surface area contributed by atoms with E-state index in [1.54, 1.807) is 6.92 Å². The van der Waals surface area contributed by atoms with Gasteiger partial charge in [-0.05, 0) is 26.0 Å². The van der Waals surface area contributed by atoms with Crippen LogP contribution in [0, 0.1) is 0 Å². The second-order valence-corrected chi connectivity index (χ2v) is 5.57. The highest BCUT2D eigenvalue weighted by Crippen LogP contribution is 2.26. The van der Waals surface area contributed by atoms with Crippen LogP contribution in [0.15, 0.2) is 12.1 Å². The van der Waals surface area contributed by atoms with Crippen LogP contribution in [-0.2, 0) is 4.79 Å². The Morgan fingerprint density at radius 1 is 1.33 bits per heavy atom. The van der Waals surface area contributed by atoms with Gasteiger partial charge in [0, 0.05) is 18.0 Å². The summed E-state index contributed by atoms with van der Waals surface area (Å²) in [4.78, 5) is 23.7. The Balaban J connectivity index is 2.51. The molecule has 2 atom stereocenters. The number of thiophene rings is 1. The first kappa shape index (κ1) is 14.9. The molecular formula is C11H16ClN3O2S. The number of carbonyl (C=O) groups excluding carboxylic acids is 2. The normalized spacial score (nSPS) is 13.8. The number of carbonyl (C=O) groups is 2. The van der Waals surface area contributed by atoms with Gasteiger partial charge in [-0.2, -0.15) is 0 Å². The van der Waals surface area contributed by atoms with E-state index < -0.39 is 12.1 Å². The summed E-state index contributed by atoms with van der Waals surface area (Å²) in [6.07, 6.45) is 0. The molecule has 3 amide bonds. The number of imide groups is 1. The lowest BCUT2D eigenvalue weighted by Gasteiger charge is -2.18. The number of urea groups is 1. The summed E-state index contributed by atoms with van der Waals surface area (Å²) in [6, 6.07) is 2.73. The van der Waals surface area contributed by atoms with Gasteiger partial charge in [0.15, 0.2) is 0 Å². The molecule has 1 heterocycles. The Morgan fingerprint density at radius 3 is 2.50 bits per heavy atom. The Morgan fingerprint density at radius 2 is 2.00 bits per heavy atom. The Hall–Kier alpha value is -1.11. The number of hydrogen-bond donors (Lipinski definition) is 3. The fraction of sp³-hybridized carbons (Fsp3) is 0.455. The monoisotopic (exact) mass is 289 g/mol. The zero-order chi connectivity index (χ0) is 13.7. The van der Waals surface area contributed by atoms with E-state index in [2.05, 4.69) is 16.0 Å². The van der Waals surface area contributed by atoms with Gasteiger partial charge in [-0.25, -0.2) is 4.79 Å². The van der Waals surface area contributed by atoms with Crippen molar-refractivity contribution in [2.75, 3.05) is 7.05 Å².